The third kappa shape index (κ3) is 4.34. The first-order valence-corrected chi connectivity index (χ1v) is 11.2. The lowest BCUT2D eigenvalue weighted by Crippen LogP contribution is -2.31. The van der Waals surface area contributed by atoms with Crippen LogP contribution in [-0.2, 0) is 10.5 Å². The van der Waals surface area contributed by atoms with E-state index in [1.54, 1.807) is 38.0 Å². The van der Waals surface area contributed by atoms with E-state index < -0.39 is 11.9 Å². The molecule has 3 N–H and O–H groups in total. The first-order chi connectivity index (χ1) is 16.0. The van der Waals surface area contributed by atoms with Crippen molar-refractivity contribution in [2.24, 2.45) is 5.73 Å². The topological polar surface area (TPSA) is 114 Å². The summed E-state index contributed by atoms with van der Waals surface area (Å²) in [7, 11) is 4.62. The molecule has 0 aliphatic carbocycles. The van der Waals surface area contributed by atoms with Gasteiger partial charge in [0, 0.05) is 11.4 Å². The third-order valence-electron chi connectivity index (χ3n) is 5.31. The van der Waals surface area contributed by atoms with Gasteiger partial charge in [-0.1, -0.05) is 42.1 Å². The number of methoxy groups -OCH3 is 3. The predicted molar refractivity (Wildman–Crippen MR) is 126 cm³/mol. The third-order valence-corrected chi connectivity index (χ3v) is 6.22. The maximum absolute atomic E-state index is 12.5. The Hall–Kier alpha value is -3.66. The Morgan fingerprint density at radius 3 is 2.36 bits per heavy atom. The molecular formula is C23H25N5O4S. The number of anilines is 1. The quantitative estimate of drug-likeness (QED) is 0.485. The Balaban J connectivity index is 1.78. The molecule has 9 nitrogen and oxygen atoms in total. The number of ether oxygens (including phenoxy) is 3. The fourth-order valence-corrected chi connectivity index (χ4v) is 4.59. The van der Waals surface area contributed by atoms with Gasteiger partial charge in [0.05, 0.1) is 26.9 Å². The van der Waals surface area contributed by atoms with Gasteiger partial charge in [0.25, 0.3) is 0 Å². The number of carbonyl (C=O) groups excluding carboxylic acids is 1. The predicted octanol–water partition coefficient (Wildman–Crippen LogP) is 3.37. The molecule has 0 fully saturated rings. The molecule has 1 amide bonds. The Bertz CT molecular complexity index is 1180. The molecule has 1 atom stereocenters. The van der Waals surface area contributed by atoms with Crippen LogP contribution >= 0.6 is 11.8 Å². The van der Waals surface area contributed by atoms with E-state index in [9.17, 15) is 4.79 Å². The van der Waals surface area contributed by atoms with Crippen LogP contribution in [0.2, 0.25) is 0 Å². The average Bonchev–Trinajstić information content (AvgIpc) is 3.23. The highest BCUT2D eigenvalue weighted by atomic mass is 32.2. The van der Waals surface area contributed by atoms with E-state index in [-0.39, 0.29) is 0 Å². The smallest absolute Gasteiger partial charge is 0.248 e. The minimum atomic E-state index is -0.619. The zero-order chi connectivity index (χ0) is 23.5. The molecule has 0 unspecified atom stereocenters. The maximum Gasteiger partial charge on any atom is 0.248 e. The fourth-order valence-electron chi connectivity index (χ4n) is 3.80. The molecule has 3 aromatic rings. The number of amides is 1. The molecule has 2 aromatic carbocycles. The van der Waals surface area contributed by atoms with Crippen molar-refractivity contribution in [1.82, 2.24) is 14.8 Å². The molecule has 1 aliphatic rings. The monoisotopic (exact) mass is 467 g/mol. The molecule has 172 valence electrons. The zero-order valence-electron chi connectivity index (χ0n) is 18.8. The summed E-state index contributed by atoms with van der Waals surface area (Å²) in [5.41, 5.74) is 8.64. The van der Waals surface area contributed by atoms with Gasteiger partial charge in [0.2, 0.25) is 22.8 Å². The summed E-state index contributed by atoms with van der Waals surface area (Å²) < 4.78 is 18.1. The van der Waals surface area contributed by atoms with Gasteiger partial charge < -0.3 is 25.3 Å². The number of aromatic nitrogens is 3. The second-order valence-electron chi connectivity index (χ2n) is 7.33. The molecule has 0 saturated carbocycles. The summed E-state index contributed by atoms with van der Waals surface area (Å²) in [5, 5.41) is 8.43. The summed E-state index contributed by atoms with van der Waals surface area (Å²) in [6.45, 7) is 1.79. The van der Waals surface area contributed by atoms with Gasteiger partial charge in [-0.15, -0.1) is 5.10 Å². The van der Waals surface area contributed by atoms with Crippen molar-refractivity contribution in [3.05, 3.63) is 64.9 Å². The molecule has 1 aliphatic heterocycles. The summed E-state index contributed by atoms with van der Waals surface area (Å²) in [4.78, 5) is 17.1. The number of benzene rings is 2. The van der Waals surface area contributed by atoms with Gasteiger partial charge in [-0.2, -0.15) is 4.98 Å². The molecular weight excluding hydrogens is 442 g/mol. The Labute approximate surface area is 195 Å². The lowest BCUT2D eigenvalue weighted by atomic mass is 9.94. The summed E-state index contributed by atoms with van der Waals surface area (Å²) in [5.74, 6) is 2.07. The molecule has 33 heavy (non-hydrogen) atoms. The first-order valence-electron chi connectivity index (χ1n) is 10.2. The summed E-state index contributed by atoms with van der Waals surface area (Å²) in [6, 6.07) is 13.0. The fraction of sp³-hybridized carbons (Fsp3) is 0.261. The van der Waals surface area contributed by atoms with E-state index in [0.29, 0.717) is 50.9 Å². The van der Waals surface area contributed by atoms with Crippen LogP contribution in [0.1, 0.15) is 24.1 Å². The van der Waals surface area contributed by atoms with Crippen LogP contribution in [0.3, 0.4) is 0 Å². The second kappa shape index (κ2) is 9.45. The number of nitrogens with two attached hydrogens (primary N) is 1. The van der Waals surface area contributed by atoms with E-state index >= 15 is 0 Å². The zero-order valence-corrected chi connectivity index (χ0v) is 19.6. The van der Waals surface area contributed by atoms with Gasteiger partial charge in [-0.3, -0.25) is 4.79 Å². The highest BCUT2D eigenvalue weighted by Gasteiger charge is 2.34. The molecule has 0 bridgehead atoms. The molecule has 0 saturated heterocycles. The molecule has 0 spiro atoms. The van der Waals surface area contributed by atoms with Gasteiger partial charge in [0.1, 0.15) is 6.04 Å². The van der Waals surface area contributed by atoms with E-state index in [1.165, 1.54) is 18.9 Å². The normalized spacial score (nSPS) is 15.0. The van der Waals surface area contributed by atoms with Crippen molar-refractivity contribution in [2.75, 3.05) is 26.6 Å². The van der Waals surface area contributed by atoms with Crippen LogP contribution in [0.4, 0.5) is 5.95 Å². The van der Waals surface area contributed by atoms with Crippen molar-refractivity contribution >= 4 is 23.6 Å². The van der Waals surface area contributed by atoms with Crippen LogP contribution in [0.25, 0.3) is 0 Å². The number of carbonyl (C=O) groups is 1. The molecule has 1 aromatic heterocycles. The standard InChI is InChI=1S/C23H25N5O4S/c1-13-18(21(24)29)19(15-10-16(30-2)20(32-4)17(11-15)31-3)28-22(25-13)26-23(27-28)33-12-14-8-6-5-7-9-14/h5-11,19H,12H2,1-4H3,(H2,24,29)(H,25,26,27)/t19-/m0/s1. The number of nitrogens with one attached hydrogen (secondary N) is 1. The number of hydrogen-bond donors (Lipinski definition) is 2. The van der Waals surface area contributed by atoms with E-state index in [0.717, 1.165) is 5.56 Å². The minimum absolute atomic E-state index is 0.376. The van der Waals surface area contributed by atoms with E-state index in [2.05, 4.69) is 22.4 Å². The molecule has 2 heterocycles. The number of allylic oxidation sites excluding steroid dienone is 1. The van der Waals surface area contributed by atoms with Gasteiger partial charge in [0.15, 0.2) is 11.5 Å². The van der Waals surface area contributed by atoms with Crippen molar-refractivity contribution < 1.29 is 19.0 Å². The van der Waals surface area contributed by atoms with Crippen molar-refractivity contribution in [2.45, 2.75) is 23.9 Å². The van der Waals surface area contributed by atoms with Crippen LogP contribution in [0.15, 0.2) is 58.9 Å². The molecule has 0 radical (unpaired) electrons. The summed E-state index contributed by atoms with van der Waals surface area (Å²) in [6.07, 6.45) is 0. The number of hydrogen-bond acceptors (Lipinski definition) is 8. The van der Waals surface area contributed by atoms with E-state index in [1.807, 2.05) is 18.2 Å². The molecule has 4 rings (SSSR count). The van der Waals surface area contributed by atoms with Crippen molar-refractivity contribution in [1.29, 1.82) is 0 Å². The number of nitrogens with zero attached hydrogens (tertiary/aromatic N) is 3. The summed E-state index contributed by atoms with van der Waals surface area (Å²) >= 11 is 1.51. The van der Waals surface area contributed by atoms with Crippen LogP contribution in [0.5, 0.6) is 17.2 Å². The minimum Gasteiger partial charge on any atom is -0.493 e. The van der Waals surface area contributed by atoms with Crippen molar-refractivity contribution in [3.63, 3.8) is 0 Å². The Morgan fingerprint density at radius 1 is 1.12 bits per heavy atom. The highest BCUT2D eigenvalue weighted by molar-refractivity contribution is 7.98. The SMILES string of the molecule is COc1cc([C@H]2C(C(N)=O)=C(C)Nc3nc(SCc4ccccc4)nn32)cc(OC)c1OC. The maximum atomic E-state index is 12.5. The van der Waals surface area contributed by atoms with Gasteiger partial charge in [-0.25, -0.2) is 4.68 Å². The van der Waals surface area contributed by atoms with Crippen LogP contribution in [-0.4, -0.2) is 42.0 Å². The second-order valence-corrected chi connectivity index (χ2v) is 8.27. The van der Waals surface area contributed by atoms with Crippen LogP contribution < -0.4 is 25.3 Å². The first kappa shape index (κ1) is 22.5. The Kier molecular flexibility index (Phi) is 6.45. The van der Waals surface area contributed by atoms with E-state index in [4.69, 9.17) is 25.0 Å². The van der Waals surface area contributed by atoms with Gasteiger partial charge in [-0.05, 0) is 30.2 Å². The Morgan fingerprint density at radius 2 is 1.79 bits per heavy atom. The molecule has 10 heteroatoms. The van der Waals surface area contributed by atoms with Gasteiger partial charge >= 0.3 is 0 Å². The van der Waals surface area contributed by atoms with Crippen LogP contribution in [0, 0.1) is 0 Å². The highest BCUT2D eigenvalue weighted by Crippen LogP contribution is 2.44. The van der Waals surface area contributed by atoms with Crippen molar-refractivity contribution in [3.8, 4) is 17.2 Å². The average molecular weight is 468 g/mol. The number of thioether (sulfide) groups is 1. The largest absolute Gasteiger partial charge is 0.493 e. The number of fused-ring (bicyclic) bond motifs is 1. The lowest BCUT2D eigenvalue weighted by Gasteiger charge is -2.28. The lowest BCUT2D eigenvalue weighted by molar-refractivity contribution is -0.115. The number of primary amides is 1. The number of rotatable bonds is 8.